The Morgan fingerprint density at radius 3 is 1.21 bits per heavy atom. The third-order valence-electron chi connectivity index (χ3n) is 5.52. The van der Waals surface area contributed by atoms with Crippen LogP contribution in [0.2, 0.25) is 0 Å². The Kier molecular flexibility index (Phi) is 27.2. The van der Waals surface area contributed by atoms with Crippen molar-refractivity contribution in [1.82, 2.24) is 37.2 Å². The molecule has 1 radical (unpaired) electrons. The first kappa shape index (κ1) is 44.2. The van der Waals surface area contributed by atoms with Gasteiger partial charge in [-0.1, -0.05) is 0 Å². The summed E-state index contributed by atoms with van der Waals surface area (Å²) in [5.41, 5.74) is 3.85. The zero-order valence-corrected chi connectivity index (χ0v) is 24.3. The molecule has 3 aliphatic heterocycles. The number of carbonyl (C=O) groups excluding carboxylic acids is 1. The molecule has 0 unspecified atom stereocenters. The van der Waals surface area contributed by atoms with Gasteiger partial charge in [-0.2, -0.15) is 0 Å². The second kappa shape index (κ2) is 26.4. The van der Waals surface area contributed by atoms with Crippen LogP contribution in [-0.2, 0) is 26.7 Å². The summed E-state index contributed by atoms with van der Waals surface area (Å²) in [6, 6.07) is 0. The predicted octanol–water partition coefficient (Wildman–Crippen LogP) is -5.08. The van der Waals surface area contributed by atoms with E-state index in [9.17, 15) is 9.59 Å². The molecule has 1 amide bonds. The van der Waals surface area contributed by atoms with Crippen molar-refractivity contribution >= 4 is 11.9 Å². The summed E-state index contributed by atoms with van der Waals surface area (Å²) in [6.07, 6.45) is 0.562. The van der Waals surface area contributed by atoms with Crippen molar-refractivity contribution in [3.8, 4) is 0 Å². The molecule has 24 heteroatoms. The van der Waals surface area contributed by atoms with E-state index in [1.54, 1.807) is 0 Å². The molecule has 43 heavy (non-hydrogen) atoms. The molecule has 0 aromatic heterocycles. The topological polar surface area (TPSA) is 365 Å². The van der Waals surface area contributed by atoms with Crippen molar-refractivity contribution in [2.24, 2.45) is 0 Å². The minimum absolute atomic E-state index is 0. The molecule has 3 fully saturated rings. The predicted molar refractivity (Wildman–Crippen MR) is 146 cm³/mol. The van der Waals surface area contributed by atoms with Gasteiger partial charge in [0.05, 0.1) is 40.4 Å². The van der Waals surface area contributed by atoms with Gasteiger partial charge < -0.3 is 94.0 Å². The largest absolute Gasteiger partial charge is 2.00 e. The van der Waals surface area contributed by atoms with Crippen molar-refractivity contribution in [2.75, 3.05) is 78.5 Å². The Balaban J connectivity index is -0.00000105. The minimum atomic E-state index is -1.75. The first-order valence-corrected chi connectivity index (χ1v) is 12.7. The number of carbonyl (C=O) groups is 2. The van der Waals surface area contributed by atoms with Crippen LogP contribution in [-0.4, -0.2) is 122 Å². The van der Waals surface area contributed by atoms with Gasteiger partial charge in [0.2, 0.25) is 5.91 Å². The standard InChI is InChI=1S/C19H40N8O3.Cu.3NO3/c20-18-10-21-4-7-24-13-19(14-25-8-5-22-11-18,15-26-9-6-23-12-18)27-16(28)2-1-3-17(29)30;;3*2-1(3)4/h21-26H,1-15,20H2,(H,27,28)(H,29,30);;;;/q;+2;3*-1/p+1. The van der Waals surface area contributed by atoms with Gasteiger partial charge in [-0.3, -0.25) is 9.59 Å². The number of nitrogens with one attached hydrogen (secondary N) is 7. The third kappa shape index (κ3) is 31.5. The van der Waals surface area contributed by atoms with E-state index in [-0.39, 0.29) is 41.4 Å². The van der Waals surface area contributed by atoms with Crippen LogP contribution < -0.4 is 43.0 Å². The van der Waals surface area contributed by atoms with Gasteiger partial charge >= 0.3 is 23.0 Å². The van der Waals surface area contributed by atoms with Crippen molar-refractivity contribution in [1.29, 1.82) is 0 Å². The molecule has 3 aliphatic rings. The molecule has 3 heterocycles. The van der Waals surface area contributed by atoms with Crippen LogP contribution in [0.4, 0.5) is 0 Å². The summed E-state index contributed by atoms with van der Waals surface area (Å²) < 4.78 is 0. The molecule has 23 nitrogen and oxygen atoms in total. The number of nitrogens with zero attached hydrogens (tertiary/aromatic N) is 3. The molecule has 3 saturated heterocycles. The zero-order chi connectivity index (χ0) is 32.4. The molecule has 0 atom stereocenters. The van der Waals surface area contributed by atoms with E-state index in [2.05, 4.69) is 43.0 Å². The summed E-state index contributed by atoms with van der Waals surface area (Å²) in [7, 11) is 0. The molecule has 0 spiro atoms. The van der Waals surface area contributed by atoms with Crippen LogP contribution in [0.15, 0.2) is 0 Å². The average molecular weight is 679 g/mol. The summed E-state index contributed by atoms with van der Waals surface area (Å²) in [5.74, 6) is -0.985. The van der Waals surface area contributed by atoms with E-state index in [0.717, 1.165) is 58.9 Å². The Bertz CT molecular complexity index is 731. The first-order valence-electron chi connectivity index (χ1n) is 12.7. The summed E-state index contributed by atoms with van der Waals surface area (Å²) in [5, 5.41) is 77.2. The minimum Gasteiger partial charge on any atom is -0.481 e. The van der Waals surface area contributed by atoms with E-state index in [1.807, 2.05) is 0 Å². The molecule has 0 aliphatic carbocycles. The number of rotatable bonds is 5. The van der Waals surface area contributed by atoms with Gasteiger partial charge in [-0.05, 0) is 6.42 Å². The average Bonchev–Trinajstić information content (AvgIpc) is 2.84. The maximum Gasteiger partial charge on any atom is 2.00 e. The molecule has 3 rings (SSSR count). The Morgan fingerprint density at radius 2 is 0.930 bits per heavy atom. The van der Waals surface area contributed by atoms with E-state index in [0.29, 0.717) is 26.1 Å². The van der Waals surface area contributed by atoms with E-state index >= 15 is 0 Å². The fourth-order valence-corrected chi connectivity index (χ4v) is 3.84. The summed E-state index contributed by atoms with van der Waals surface area (Å²) >= 11 is 0. The van der Waals surface area contributed by atoms with Crippen LogP contribution in [0, 0.1) is 46.0 Å². The van der Waals surface area contributed by atoms with E-state index < -0.39 is 26.8 Å². The van der Waals surface area contributed by atoms with Crippen LogP contribution in [0.3, 0.4) is 0 Å². The van der Waals surface area contributed by atoms with Crippen molar-refractivity contribution < 1.29 is 52.8 Å². The molecule has 255 valence electrons. The number of carboxylic acid groups (broad SMARTS) is 1. The number of hydrogen-bond donors (Lipinski definition) is 9. The molecule has 0 saturated carbocycles. The van der Waals surface area contributed by atoms with Crippen molar-refractivity contribution in [3.63, 3.8) is 0 Å². The molecular formula is C19H41CuN11O12. The fourth-order valence-electron chi connectivity index (χ4n) is 3.84. The number of amides is 1. The van der Waals surface area contributed by atoms with E-state index in [4.69, 9.17) is 51.1 Å². The molecule has 2 bridgehead atoms. The summed E-state index contributed by atoms with van der Waals surface area (Å²) in [4.78, 5) is 48.1. The van der Waals surface area contributed by atoms with Crippen molar-refractivity contribution in [3.05, 3.63) is 46.0 Å². The van der Waals surface area contributed by atoms with Gasteiger partial charge in [0.15, 0.2) is 0 Å². The van der Waals surface area contributed by atoms with Gasteiger partial charge in [-0.25, -0.2) is 0 Å². The fraction of sp³-hybridized carbons (Fsp3) is 0.895. The normalized spacial score (nSPS) is 22.7. The molecular weight excluding hydrogens is 638 g/mol. The van der Waals surface area contributed by atoms with Crippen LogP contribution in [0.25, 0.3) is 0 Å². The van der Waals surface area contributed by atoms with E-state index in [1.165, 1.54) is 0 Å². The Labute approximate surface area is 256 Å². The number of fused-ring (bicyclic) bond motifs is 15. The molecule has 0 aromatic rings. The Hall–Kier alpha value is -3.22. The quantitative estimate of drug-likeness (QED) is 0.0745. The van der Waals surface area contributed by atoms with Crippen molar-refractivity contribution in [2.45, 2.75) is 30.3 Å². The second-order valence-electron chi connectivity index (χ2n) is 9.31. The Morgan fingerprint density at radius 1 is 0.651 bits per heavy atom. The van der Waals surface area contributed by atoms with Gasteiger partial charge in [0.25, 0.3) is 0 Å². The van der Waals surface area contributed by atoms with Crippen LogP contribution in [0.1, 0.15) is 19.3 Å². The number of aliphatic carboxylic acids is 1. The van der Waals surface area contributed by atoms with Crippen LogP contribution in [0.5, 0.6) is 0 Å². The maximum absolute atomic E-state index is 12.6. The zero-order valence-electron chi connectivity index (χ0n) is 23.4. The number of quaternary nitrogens is 1. The smallest absolute Gasteiger partial charge is 0.481 e. The van der Waals surface area contributed by atoms with Crippen LogP contribution >= 0.6 is 0 Å². The third-order valence-corrected chi connectivity index (χ3v) is 5.52. The van der Waals surface area contributed by atoms with Gasteiger partial charge in [-0.15, -0.1) is 0 Å². The monoisotopic (exact) mass is 678 g/mol. The number of hydrogen-bond acceptors (Lipinski definition) is 17. The second-order valence-corrected chi connectivity index (χ2v) is 9.31. The SMILES string of the molecule is O=[N+]([O-])[O-].O=[N+]([O-])[O-].O=[N+]([O-])[O-].[Cu+2].[NH3+]C12CNCCNCC(NC(=O)CCCC(=O)O)(CNCCNC1)CNCCNC2. The van der Waals surface area contributed by atoms with Gasteiger partial charge in [0.1, 0.15) is 5.54 Å². The molecule has 11 N–H and O–H groups in total. The number of carboxylic acids is 1. The maximum atomic E-state index is 12.6. The summed E-state index contributed by atoms with van der Waals surface area (Å²) in [6.45, 7) is 9.14. The first-order chi connectivity index (χ1) is 19.6. The van der Waals surface area contributed by atoms with Gasteiger partial charge in [0, 0.05) is 71.7 Å². The molecule has 0 aromatic carbocycles.